The lowest BCUT2D eigenvalue weighted by molar-refractivity contribution is 0.198. The number of benzene rings is 1. The van der Waals surface area contributed by atoms with Gasteiger partial charge in [0.15, 0.2) is 0 Å². The molecular weight excluding hydrogens is 316 g/mol. The molecule has 0 saturated heterocycles. The molecular formula is C19H26N4O2. The summed E-state index contributed by atoms with van der Waals surface area (Å²) in [5, 5.41) is 19.9. The van der Waals surface area contributed by atoms with Crippen molar-refractivity contribution in [1.29, 1.82) is 0 Å². The molecule has 0 aliphatic heterocycles. The minimum atomic E-state index is -0.297. The molecule has 25 heavy (non-hydrogen) atoms. The Labute approximate surface area is 148 Å². The molecule has 0 unspecified atom stereocenters. The zero-order chi connectivity index (χ0) is 17.5. The van der Waals surface area contributed by atoms with E-state index in [1.807, 2.05) is 47.3 Å². The highest BCUT2D eigenvalue weighted by molar-refractivity contribution is 5.74. The average molecular weight is 342 g/mol. The van der Waals surface area contributed by atoms with Gasteiger partial charge in [-0.1, -0.05) is 43.2 Å². The monoisotopic (exact) mass is 342 g/mol. The molecule has 2 aromatic rings. The maximum absolute atomic E-state index is 12.4. The number of aromatic nitrogens is 2. The summed E-state index contributed by atoms with van der Waals surface area (Å²) >= 11 is 0. The summed E-state index contributed by atoms with van der Waals surface area (Å²) < 4.78 is 1.94. The third-order valence-electron chi connectivity index (χ3n) is 4.79. The van der Waals surface area contributed by atoms with E-state index in [4.69, 9.17) is 0 Å². The van der Waals surface area contributed by atoms with Crippen LogP contribution in [0.2, 0.25) is 0 Å². The van der Waals surface area contributed by atoms with E-state index < -0.39 is 0 Å². The topological polar surface area (TPSA) is 79.2 Å². The van der Waals surface area contributed by atoms with Gasteiger partial charge in [0, 0.05) is 12.4 Å². The standard InChI is InChI=1S/C19H26N4O2/c24-14-16(13-15-7-2-1-3-8-15)21-19(25)22-17-9-4-5-10-18(17)23-12-6-11-20-23/h1-3,6-8,11-12,16-18,24H,4-5,9-10,13-14H2,(H2,21,22,25)/t16-,17+,18+/m0/s1. The maximum Gasteiger partial charge on any atom is 0.315 e. The molecule has 2 amide bonds. The Balaban J connectivity index is 1.56. The summed E-state index contributed by atoms with van der Waals surface area (Å²) in [6.07, 6.45) is 8.55. The number of aliphatic hydroxyl groups is 1. The minimum absolute atomic E-state index is 0.0599. The zero-order valence-corrected chi connectivity index (χ0v) is 14.3. The first-order chi connectivity index (χ1) is 12.3. The van der Waals surface area contributed by atoms with E-state index in [1.54, 1.807) is 6.20 Å². The first-order valence-corrected chi connectivity index (χ1v) is 8.97. The van der Waals surface area contributed by atoms with Gasteiger partial charge in [0.25, 0.3) is 0 Å². The Hall–Kier alpha value is -2.34. The molecule has 1 heterocycles. The minimum Gasteiger partial charge on any atom is -0.394 e. The highest BCUT2D eigenvalue weighted by Gasteiger charge is 2.28. The molecule has 1 aromatic carbocycles. The first-order valence-electron chi connectivity index (χ1n) is 8.97. The van der Waals surface area contributed by atoms with Crippen molar-refractivity contribution in [1.82, 2.24) is 20.4 Å². The summed E-state index contributed by atoms with van der Waals surface area (Å²) in [7, 11) is 0. The van der Waals surface area contributed by atoms with Gasteiger partial charge >= 0.3 is 6.03 Å². The van der Waals surface area contributed by atoms with Crippen molar-refractivity contribution in [3.05, 3.63) is 54.4 Å². The molecule has 0 radical (unpaired) electrons. The van der Waals surface area contributed by atoms with Gasteiger partial charge < -0.3 is 15.7 Å². The largest absolute Gasteiger partial charge is 0.394 e. The van der Waals surface area contributed by atoms with Crippen LogP contribution in [-0.4, -0.2) is 39.6 Å². The number of nitrogens with zero attached hydrogens (tertiary/aromatic N) is 2. The van der Waals surface area contributed by atoms with Crippen LogP contribution in [0.25, 0.3) is 0 Å². The second-order valence-electron chi connectivity index (χ2n) is 6.63. The van der Waals surface area contributed by atoms with Crippen molar-refractivity contribution in [2.75, 3.05) is 6.61 Å². The van der Waals surface area contributed by atoms with Crippen molar-refractivity contribution in [2.45, 2.75) is 50.2 Å². The van der Waals surface area contributed by atoms with Gasteiger partial charge in [-0.15, -0.1) is 0 Å². The number of aliphatic hydroxyl groups excluding tert-OH is 1. The highest BCUT2D eigenvalue weighted by atomic mass is 16.3. The Bertz CT molecular complexity index is 645. The number of hydrogen-bond donors (Lipinski definition) is 3. The first kappa shape index (κ1) is 17.5. The summed E-state index contributed by atoms with van der Waals surface area (Å²) in [5.41, 5.74) is 1.09. The number of hydrogen-bond acceptors (Lipinski definition) is 3. The quantitative estimate of drug-likeness (QED) is 0.753. The summed E-state index contributed by atoms with van der Waals surface area (Å²) in [4.78, 5) is 12.4. The van der Waals surface area contributed by atoms with Gasteiger partial charge in [0.05, 0.1) is 24.7 Å². The lowest BCUT2D eigenvalue weighted by atomic mass is 9.90. The van der Waals surface area contributed by atoms with E-state index in [1.165, 1.54) is 0 Å². The number of carbonyl (C=O) groups excluding carboxylic acids is 1. The molecule has 1 aromatic heterocycles. The molecule has 1 saturated carbocycles. The van der Waals surface area contributed by atoms with Gasteiger partial charge in [0.1, 0.15) is 0 Å². The maximum atomic E-state index is 12.4. The second kappa shape index (κ2) is 8.67. The van der Waals surface area contributed by atoms with Crippen LogP contribution in [0, 0.1) is 0 Å². The van der Waals surface area contributed by atoms with E-state index in [-0.39, 0.29) is 30.8 Å². The van der Waals surface area contributed by atoms with Crippen molar-refractivity contribution in [3.8, 4) is 0 Å². The molecule has 1 aliphatic carbocycles. The molecule has 0 bridgehead atoms. The van der Waals surface area contributed by atoms with Gasteiger partial charge in [-0.2, -0.15) is 5.10 Å². The molecule has 1 aliphatic rings. The van der Waals surface area contributed by atoms with Gasteiger partial charge in [-0.05, 0) is 30.9 Å². The van der Waals surface area contributed by atoms with Crippen molar-refractivity contribution in [2.24, 2.45) is 0 Å². The Morgan fingerprint density at radius 1 is 1.24 bits per heavy atom. The Morgan fingerprint density at radius 2 is 2.04 bits per heavy atom. The summed E-state index contributed by atoms with van der Waals surface area (Å²) in [6.45, 7) is -0.0877. The smallest absolute Gasteiger partial charge is 0.315 e. The summed E-state index contributed by atoms with van der Waals surface area (Å²) in [6, 6.07) is 11.5. The highest BCUT2D eigenvalue weighted by Crippen LogP contribution is 2.28. The number of nitrogens with one attached hydrogen (secondary N) is 2. The third kappa shape index (κ3) is 4.82. The van der Waals surface area contributed by atoms with Crippen LogP contribution in [0.1, 0.15) is 37.3 Å². The molecule has 3 rings (SSSR count). The lowest BCUT2D eigenvalue weighted by Crippen LogP contribution is -2.51. The van der Waals surface area contributed by atoms with Crippen LogP contribution >= 0.6 is 0 Å². The molecule has 3 atom stereocenters. The predicted molar refractivity (Wildman–Crippen MR) is 96.2 cm³/mol. The normalized spacial score (nSPS) is 21.5. The van der Waals surface area contributed by atoms with Crippen molar-refractivity contribution in [3.63, 3.8) is 0 Å². The molecule has 0 spiro atoms. The number of carbonyl (C=O) groups is 1. The van der Waals surface area contributed by atoms with Gasteiger partial charge in [-0.25, -0.2) is 4.79 Å². The second-order valence-corrected chi connectivity index (χ2v) is 6.63. The van der Waals surface area contributed by atoms with E-state index in [9.17, 15) is 9.90 Å². The van der Waals surface area contributed by atoms with Crippen LogP contribution in [0.5, 0.6) is 0 Å². The fourth-order valence-electron chi connectivity index (χ4n) is 3.53. The van der Waals surface area contributed by atoms with E-state index >= 15 is 0 Å². The van der Waals surface area contributed by atoms with Crippen molar-refractivity contribution < 1.29 is 9.90 Å². The van der Waals surface area contributed by atoms with E-state index in [2.05, 4.69) is 15.7 Å². The Kier molecular flexibility index (Phi) is 6.06. The number of rotatable bonds is 6. The molecule has 6 nitrogen and oxygen atoms in total. The molecule has 3 N–H and O–H groups in total. The van der Waals surface area contributed by atoms with E-state index in [0.29, 0.717) is 6.42 Å². The summed E-state index contributed by atoms with van der Waals surface area (Å²) in [5.74, 6) is 0. The van der Waals surface area contributed by atoms with Gasteiger partial charge in [0.2, 0.25) is 0 Å². The predicted octanol–water partition coefficient (Wildman–Crippen LogP) is 2.27. The third-order valence-corrected chi connectivity index (χ3v) is 4.79. The fraction of sp³-hybridized carbons (Fsp3) is 0.474. The number of amides is 2. The lowest BCUT2D eigenvalue weighted by Gasteiger charge is -2.32. The fourth-order valence-corrected chi connectivity index (χ4v) is 3.53. The van der Waals surface area contributed by atoms with E-state index in [0.717, 1.165) is 31.2 Å². The zero-order valence-electron chi connectivity index (χ0n) is 14.3. The SMILES string of the molecule is O=C(N[C@H](CO)Cc1ccccc1)N[C@@H]1CCCC[C@H]1n1cccn1. The van der Waals surface area contributed by atoms with Crippen molar-refractivity contribution >= 4 is 6.03 Å². The molecule has 6 heteroatoms. The Morgan fingerprint density at radius 3 is 2.76 bits per heavy atom. The van der Waals surface area contributed by atoms with Crippen LogP contribution < -0.4 is 10.6 Å². The van der Waals surface area contributed by atoms with Crippen LogP contribution in [0.15, 0.2) is 48.8 Å². The van der Waals surface area contributed by atoms with Gasteiger partial charge in [-0.3, -0.25) is 4.68 Å². The molecule has 134 valence electrons. The molecule has 1 fully saturated rings. The average Bonchev–Trinajstić information content (AvgIpc) is 3.17. The van der Waals surface area contributed by atoms with Crippen LogP contribution in [0.4, 0.5) is 4.79 Å². The van der Waals surface area contributed by atoms with Crippen LogP contribution in [0.3, 0.4) is 0 Å². The van der Waals surface area contributed by atoms with Crippen LogP contribution in [-0.2, 0) is 6.42 Å². The number of urea groups is 1.